The molecular formula is C14H28N2O2S. The van der Waals surface area contributed by atoms with E-state index in [9.17, 15) is 9.90 Å². The van der Waals surface area contributed by atoms with Crippen molar-refractivity contribution in [3.8, 4) is 0 Å². The zero-order chi connectivity index (χ0) is 14.3. The smallest absolute Gasteiger partial charge is 0.315 e. The molecule has 2 atom stereocenters. The van der Waals surface area contributed by atoms with Crippen molar-refractivity contribution < 1.29 is 9.90 Å². The molecule has 0 aliphatic heterocycles. The Morgan fingerprint density at radius 3 is 2.47 bits per heavy atom. The standard InChI is InChI=1S/C14H28N2O2S/c1-4-11-5-7-12(8-6-11)16-14(18)15-10(2)13(9-17)19-3/h10-13,17H,4-9H2,1-3H3,(H2,15,16,18). The average molecular weight is 288 g/mol. The third-order valence-corrected chi connectivity index (χ3v) is 5.32. The highest BCUT2D eigenvalue weighted by Crippen LogP contribution is 2.26. The largest absolute Gasteiger partial charge is 0.395 e. The first-order valence-electron chi connectivity index (χ1n) is 7.31. The van der Waals surface area contributed by atoms with Crippen LogP contribution in [-0.2, 0) is 0 Å². The Kier molecular flexibility index (Phi) is 7.61. The Morgan fingerprint density at radius 1 is 1.37 bits per heavy atom. The van der Waals surface area contributed by atoms with Crippen LogP contribution < -0.4 is 10.6 Å². The van der Waals surface area contributed by atoms with Crippen LogP contribution in [0.15, 0.2) is 0 Å². The van der Waals surface area contributed by atoms with Gasteiger partial charge in [0.05, 0.1) is 6.61 Å². The first kappa shape index (κ1) is 16.6. The van der Waals surface area contributed by atoms with Gasteiger partial charge in [0, 0.05) is 17.3 Å². The van der Waals surface area contributed by atoms with Gasteiger partial charge in [-0.05, 0) is 44.8 Å². The number of amides is 2. The molecule has 3 N–H and O–H groups in total. The number of aliphatic hydroxyl groups excluding tert-OH is 1. The Labute approximate surface area is 121 Å². The van der Waals surface area contributed by atoms with Crippen LogP contribution in [-0.4, -0.2) is 41.3 Å². The van der Waals surface area contributed by atoms with Crippen molar-refractivity contribution in [1.82, 2.24) is 10.6 Å². The monoisotopic (exact) mass is 288 g/mol. The van der Waals surface area contributed by atoms with E-state index in [-0.39, 0.29) is 23.9 Å². The molecule has 0 aromatic heterocycles. The highest BCUT2D eigenvalue weighted by molar-refractivity contribution is 7.99. The predicted molar refractivity (Wildman–Crippen MR) is 81.6 cm³/mol. The fourth-order valence-electron chi connectivity index (χ4n) is 2.68. The minimum atomic E-state index is -0.0973. The summed E-state index contributed by atoms with van der Waals surface area (Å²) in [4.78, 5) is 11.9. The van der Waals surface area contributed by atoms with Crippen molar-refractivity contribution >= 4 is 17.8 Å². The quantitative estimate of drug-likeness (QED) is 0.703. The van der Waals surface area contributed by atoms with E-state index < -0.39 is 0 Å². The van der Waals surface area contributed by atoms with Crippen molar-refractivity contribution in [3.05, 3.63) is 0 Å². The van der Waals surface area contributed by atoms with E-state index in [0.29, 0.717) is 6.04 Å². The summed E-state index contributed by atoms with van der Waals surface area (Å²) in [6.07, 6.45) is 7.82. The lowest BCUT2D eigenvalue weighted by atomic mass is 9.85. The van der Waals surface area contributed by atoms with Gasteiger partial charge < -0.3 is 15.7 Å². The van der Waals surface area contributed by atoms with E-state index >= 15 is 0 Å². The van der Waals surface area contributed by atoms with Crippen molar-refractivity contribution in [1.29, 1.82) is 0 Å². The van der Waals surface area contributed by atoms with Gasteiger partial charge in [-0.1, -0.05) is 13.3 Å². The summed E-state index contributed by atoms with van der Waals surface area (Å²) in [6, 6.07) is 0.198. The summed E-state index contributed by atoms with van der Waals surface area (Å²) in [5.74, 6) is 0.843. The molecule has 5 heteroatoms. The molecule has 0 spiro atoms. The van der Waals surface area contributed by atoms with Gasteiger partial charge in [-0.2, -0.15) is 11.8 Å². The van der Waals surface area contributed by atoms with E-state index in [2.05, 4.69) is 17.6 Å². The number of thioether (sulfide) groups is 1. The van der Waals surface area contributed by atoms with E-state index in [1.54, 1.807) is 11.8 Å². The van der Waals surface area contributed by atoms with Crippen LogP contribution in [0.4, 0.5) is 4.79 Å². The second kappa shape index (κ2) is 8.69. The lowest BCUT2D eigenvalue weighted by Crippen LogP contribution is -2.49. The fourth-order valence-corrected chi connectivity index (χ4v) is 3.30. The Morgan fingerprint density at radius 2 is 2.00 bits per heavy atom. The molecule has 1 rings (SSSR count). The minimum Gasteiger partial charge on any atom is -0.395 e. The zero-order valence-corrected chi connectivity index (χ0v) is 13.1. The molecule has 0 aromatic carbocycles. The number of hydrogen-bond acceptors (Lipinski definition) is 3. The molecule has 2 amide bonds. The van der Waals surface area contributed by atoms with Crippen LogP contribution in [0.25, 0.3) is 0 Å². The Balaban J connectivity index is 2.28. The summed E-state index contributed by atoms with van der Waals surface area (Å²) in [7, 11) is 0. The molecule has 1 saturated carbocycles. The van der Waals surface area contributed by atoms with Gasteiger partial charge >= 0.3 is 6.03 Å². The lowest BCUT2D eigenvalue weighted by Gasteiger charge is -2.29. The fraction of sp³-hybridized carbons (Fsp3) is 0.929. The van der Waals surface area contributed by atoms with E-state index in [1.165, 1.54) is 19.3 Å². The maximum Gasteiger partial charge on any atom is 0.315 e. The van der Waals surface area contributed by atoms with E-state index in [1.807, 2.05) is 13.2 Å². The number of carbonyl (C=O) groups excluding carboxylic acids is 1. The second-order valence-electron chi connectivity index (χ2n) is 5.49. The SMILES string of the molecule is CCC1CCC(NC(=O)NC(C)C(CO)SC)CC1. The molecule has 0 aromatic rings. The van der Waals surface area contributed by atoms with Crippen LogP contribution >= 0.6 is 11.8 Å². The van der Waals surface area contributed by atoms with Gasteiger partial charge in [0.1, 0.15) is 0 Å². The molecule has 19 heavy (non-hydrogen) atoms. The van der Waals surface area contributed by atoms with Gasteiger partial charge in [0.2, 0.25) is 0 Å². The van der Waals surface area contributed by atoms with E-state index in [4.69, 9.17) is 0 Å². The van der Waals surface area contributed by atoms with Crippen molar-refractivity contribution in [3.63, 3.8) is 0 Å². The molecular weight excluding hydrogens is 260 g/mol. The van der Waals surface area contributed by atoms with Crippen molar-refractivity contribution in [2.75, 3.05) is 12.9 Å². The molecule has 0 heterocycles. The highest BCUT2D eigenvalue weighted by atomic mass is 32.2. The number of nitrogens with one attached hydrogen (secondary N) is 2. The van der Waals surface area contributed by atoms with Crippen LogP contribution in [0, 0.1) is 5.92 Å². The van der Waals surface area contributed by atoms with Gasteiger partial charge in [-0.3, -0.25) is 0 Å². The average Bonchev–Trinajstić information content (AvgIpc) is 2.40. The number of rotatable bonds is 6. The number of carbonyl (C=O) groups is 1. The molecule has 0 bridgehead atoms. The van der Waals surface area contributed by atoms with Gasteiger partial charge in [-0.25, -0.2) is 4.79 Å². The first-order valence-corrected chi connectivity index (χ1v) is 8.60. The number of hydrogen-bond donors (Lipinski definition) is 3. The van der Waals surface area contributed by atoms with Crippen LogP contribution in [0.2, 0.25) is 0 Å². The molecule has 0 saturated heterocycles. The lowest BCUT2D eigenvalue weighted by molar-refractivity contribution is 0.219. The van der Waals surface area contributed by atoms with E-state index in [0.717, 1.165) is 18.8 Å². The topological polar surface area (TPSA) is 61.4 Å². The minimum absolute atomic E-state index is 0.0213. The molecule has 1 fully saturated rings. The normalized spacial score (nSPS) is 26.5. The van der Waals surface area contributed by atoms with Crippen LogP contribution in [0.3, 0.4) is 0 Å². The van der Waals surface area contributed by atoms with Crippen LogP contribution in [0.1, 0.15) is 46.0 Å². The number of urea groups is 1. The van der Waals surface area contributed by atoms with Crippen LogP contribution in [0.5, 0.6) is 0 Å². The summed E-state index contributed by atoms with van der Waals surface area (Å²) in [5, 5.41) is 15.2. The highest BCUT2D eigenvalue weighted by Gasteiger charge is 2.23. The Hall–Kier alpha value is -0.420. The van der Waals surface area contributed by atoms with Crippen molar-refractivity contribution in [2.24, 2.45) is 5.92 Å². The zero-order valence-electron chi connectivity index (χ0n) is 12.3. The van der Waals surface area contributed by atoms with Gasteiger partial charge in [0.15, 0.2) is 0 Å². The molecule has 2 unspecified atom stereocenters. The third-order valence-electron chi connectivity index (χ3n) is 4.16. The molecule has 0 radical (unpaired) electrons. The summed E-state index contributed by atoms with van der Waals surface area (Å²) in [5.41, 5.74) is 0. The Bertz CT molecular complexity index is 264. The van der Waals surface area contributed by atoms with Gasteiger partial charge in [0.25, 0.3) is 0 Å². The number of aliphatic hydroxyl groups is 1. The summed E-state index contributed by atoms with van der Waals surface area (Å²) in [6.45, 7) is 4.26. The summed E-state index contributed by atoms with van der Waals surface area (Å²) >= 11 is 1.58. The third kappa shape index (κ3) is 5.61. The molecule has 4 nitrogen and oxygen atoms in total. The predicted octanol–water partition coefficient (Wildman–Crippen LogP) is 2.37. The molecule has 1 aliphatic rings. The van der Waals surface area contributed by atoms with Gasteiger partial charge in [-0.15, -0.1) is 0 Å². The summed E-state index contributed by atoms with van der Waals surface area (Å²) < 4.78 is 0. The first-order chi connectivity index (χ1) is 9.10. The second-order valence-corrected chi connectivity index (χ2v) is 6.57. The van der Waals surface area contributed by atoms with Crippen molar-refractivity contribution in [2.45, 2.75) is 63.3 Å². The molecule has 112 valence electrons. The molecule has 1 aliphatic carbocycles. The maximum absolute atomic E-state index is 11.9. The maximum atomic E-state index is 11.9.